The number of para-hydroxylation sites is 1. The molecule has 1 heterocycles. The summed E-state index contributed by atoms with van der Waals surface area (Å²) in [5.41, 5.74) is 2.90. The maximum atomic E-state index is 11.1. The zero-order valence-corrected chi connectivity index (χ0v) is 16.2. The molecule has 3 rings (SSSR count). The summed E-state index contributed by atoms with van der Waals surface area (Å²) >= 11 is 1.60. The highest BCUT2D eigenvalue weighted by Gasteiger charge is 2.11. The largest absolute Gasteiger partial charge is 0.494 e. The first-order chi connectivity index (χ1) is 13.2. The second kappa shape index (κ2) is 9.33. The van der Waals surface area contributed by atoms with Crippen molar-refractivity contribution in [2.75, 3.05) is 6.61 Å². The van der Waals surface area contributed by atoms with Crippen molar-refractivity contribution in [2.45, 2.75) is 32.6 Å². The van der Waals surface area contributed by atoms with Crippen molar-refractivity contribution < 1.29 is 14.6 Å². The minimum atomic E-state index is -0.804. The molecule has 0 atom stereocenters. The molecule has 0 saturated carbocycles. The van der Waals surface area contributed by atoms with Gasteiger partial charge in [-0.3, -0.25) is 4.79 Å². The third-order valence-electron chi connectivity index (χ3n) is 4.16. The van der Waals surface area contributed by atoms with Gasteiger partial charge in [0.05, 0.1) is 16.8 Å². The van der Waals surface area contributed by atoms with Gasteiger partial charge in [-0.1, -0.05) is 37.6 Å². The van der Waals surface area contributed by atoms with Crippen LogP contribution in [0.2, 0.25) is 0 Å². The van der Waals surface area contributed by atoms with Gasteiger partial charge in [0, 0.05) is 6.42 Å². The number of rotatable bonds is 9. The summed E-state index contributed by atoms with van der Waals surface area (Å²) in [6.07, 6.45) is 4.70. The highest BCUT2D eigenvalue weighted by Crippen LogP contribution is 2.31. The van der Waals surface area contributed by atoms with Gasteiger partial charge in [0.15, 0.2) is 0 Å². The lowest BCUT2D eigenvalue weighted by molar-refractivity contribution is -0.136. The van der Waals surface area contributed by atoms with E-state index in [2.05, 4.69) is 11.9 Å². The molecule has 0 amide bonds. The number of carboxylic acid groups (broad SMARTS) is 1. The van der Waals surface area contributed by atoms with Crippen molar-refractivity contribution in [3.05, 3.63) is 59.1 Å². The maximum absolute atomic E-state index is 11.1. The Morgan fingerprint density at radius 1 is 1.15 bits per heavy atom. The zero-order valence-electron chi connectivity index (χ0n) is 15.4. The molecule has 1 N–H and O–H groups in total. The second-order valence-corrected chi connectivity index (χ2v) is 7.35. The molecule has 1 aromatic heterocycles. The van der Waals surface area contributed by atoms with Crippen LogP contribution in [0.3, 0.4) is 0 Å². The molecule has 0 radical (unpaired) electrons. The number of benzene rings is 2. The average Bonchev–Trinajstić information content (AvgIpc) is 3.10. The number of unbranched alkanes of at least 4 members (excludes halogenated alkanes) is 1. The highest BCUT2D eigenvalue weighted by molar-refractivity contribution is 7.19. The maximum Gasteiger partial charge on any atom is 0.303 e. The van der Waals surface area contributed by atoms with Crippen molar-refractivity contribution in [1.82, 2.24) is 4.98 Å². The SMILES string of the molecule is CCCCOc1ccc(C=C(CCC(=O)O)c2nc3ccccc3s2)cc1. The topological polar surface area (TPSA) is 59.4 Å². The molecule has 0 fully saturated rings. The Hall–Kier alpha value is -2.66. The van der Waals surface area contributed by atoms with E-state index in [9.17, 15) is 4.79 Å². The molecule has 0 bridgehead atoms. The van der Waals surface area contributed by atoms with Crippen LogP contribution in [-0.4, -0.2) is 22.7 Å². The zero-order chi connectivity index (χ0) is 19.1. The van der Waals surface area contributed by atoms with Crippen molar-refractivity contribution in [2.24, 2.45) is 0 Å². The van der Waals surface area contributed by atoms with E-state index in [-0.39, 0.29) is 6.42 Å². The lowest BCUT2D eigenvalue weighted by Gasteiger charge is -2.06. The van der Waals surface area contributed by atoms with Gasteiger partial charge in [-0.15, -0.1) is 11.3 Å². The molecule has 0 spiro atoms. The number of nitrogens with zero attached hydrogens (tertiary/aromatic N) is 1. The normalized spacial score (nSPS) is 11.7. The molecule has 3 aromatic rings. The standard InChI is InChI=1S/C22H23NO3S/c1-2-3-14-26-18-11-8-16(9-12-18)15-17(10-13-21(24)25)22-23-19-6-4-5-7-20(19)27-22/h4-9,11-12,15H,2-3,10,13-14H2,1H3,(H,24,25). The Morgan fingerprint density at radius 3 is 2.63 bits per heavy atom. The van der Waals surface area contributed by atoms with Crippen LogP contribution in [0.1, 0.15) is 43.2 Å². The summed E-state index contributed by atoms with van der Waals surface area (Å²) in [6, 6.07) is 15.9. The van der Waals surface area contributed by atoms with Gasteiger partial charge in [0.2, 0.25) is 0 Å². The number of aromatic nitrogens is 1. The first kappa shape index (κ1) is 19.1. The average molecular weight is 381 g/mol. The fourth-order valence-corrected chi connectivity index (χ4v) is 3.70. The summed E-state index contributed by atoms with van der Waals surface area (Å²) in [5, 5.41) is 9.97. The van der Waals surface area contributed by atoms with E-state index in [0.29, 0.717) is 6.42 Å². The number of carbonyl (C=O) groups is 1. The molecule has 27 heavy (non-hydrogen) atoms. The Bertz CT molecular complexity index is 895. The van der Waals surface area contributed by atoms with Gasteiger partial charge in [-0.2, -0.15) is 0 Å². The molecule has 0 aliphatic rings. The minimum Gasteiger partial charge on any atom is -0.494 e. The van der Waals surface area contributed by atoms with E-state index in [1.165, 1.54) is 0 Å². The number of allylic oxidation sites excluding steroid dienone is 1. The van der Waals surface area contributed by atoms with Gasteiger partial charge in [0.1, 0.15) is 10.8 Å². The molecule has 0 saturated heterocycles. The summed E-state index contributed by atoms with van der Waals surface area (Å²) in [5.74, 6) is 0.0503. The van der Waals surface area contributed by atoms with Crippen LogP contribution >= 0.6 is 11.3 Å². The van der Waals surface area contributed by atoms with Crippen LogP contribution in [-0.2, 0) is 4.79 Å². The van der Waals surface area contributed by atoms with Crippen molar-refractivity contribution in [3.8, 4) is 5.75 Å². The van der Waals surface area contributed by atoms with Gasteiger partial charge in [-0.05, 0) is 54.3 Å². The summed E-state index contributed by atoms with van der Waals surface area (Å²) < 4.78 is 6.81. The van der Waals surface area contributed by atoms with Crippen LogP contribution in [0.5, 0.6) is 5.75 Å². The van der Waals surface area contributed by atoms with Crippen LogP contribution < -0.4 is 4.74 Å². The minimum absolute atomic E-state index is 0.0833. The lowest BCUT2D eigenvalue weighted by atomic mass is 10.1. The molecule has 140 valence electrons. The van der Waals surface area contributed by atoms with Gasteiger partial charge < -0.3 is 9.84 Å². The first-order valence-electron chi connectivity index (χ1n) is 9.17. The fourth-order valence-electron chi connectivity index (χ4n) is 2.69. The predicted octanol–water partition coefficient (Wildman–Crippen LogP) is 5.88. The Morgan fingerprint density at radius 2 is 1.93 bits per heavy atom. The molecule has 4 nitrogen and oxygen atoms in total. The number of hydrogen-bond donors (Lipinski definition) is 1. The van der Waals surface area contributed by atoms with Gasteiger partial charge in [-0.25, -0.2) is 4.98 Å². The van der Waals surface area contributed by atoms with Crippen molar-refractivity contribution in [1.29, 1.82) is 0 Å². The Labute approximate surface area is 163 Å². The molecule has 0 aliphatic carbocycles. The van der Waals surface area contributed by atoms with Crippen LogP contribution in [0, 0.1) is 0 Å². The van der Waals surface area contributed by atoms with Crippen molar-refractivity contribution >= 4 is 39.2 Å². The Balaban J connectivity index is 1.84. The quantitative estimate of drug-likeness (QED) is 0.470. The number of aliphatic carboxylic acids is 1. The van der Waals surface area contributed by atoms with E-state index in [1.54, 1.807) is 11.3 Å². The van der Waals surface area contributed by atoms with Crippen LogP contribution in [0.25, 0.3) is 21.9 Å². The first-order valence-corrected chi connectivity index (χ1v) is 9.98. The monoisotopic (exact) mass is 381 g/mol. The lowest BCUT2D eigenvalue weighted by Crippen LogP contribution is -1.96. The van der Waals surface area contributed by atoms with Crippen LogP contribution in [0.4, 0.5) is 0 Å². The summed E-state index contributed by atoms with van der Waals surface area (Å²) in [7, 11) is 0. The number of fused-ring (bicyclic) bond motifs is 1. The highest BCUT2D eigenvalue weighted by atomic mass is 32.1. The predicted molar refractivity (Wildman–Crippen MR) is 111 cm³/mol. The van der Waals surface area contributed by atoms with E-state index in [4.69, 9.17) is 9.84 Å². The van der Waals surface area contributed by atoms with Gasteiger partial charge >= 0.3 is 5.97 Å². The number of ether oxygens (including phenoxy) is 1. The number of hydrogen-bond acceptors (Lipinski definition) is 4. The molecular weight excluding hydrogens is 358 g/mol. The summed E-state index contributed by atoms with van der Waals surface area (Å²) in [4.78, 5) is 15.8. The third kappa shape index (κ3) is 5.41. The fraction of sp³-hybridized carbons (Fsp3) is 0.273. The third-order valence-corrected chi connectivity index (χ3v) is 5.28. The summed E-state index contributed by atoms with van der Waals surface area (Å²) in [6.45, 7) is 2.86. The number of carboxylic acids is 1. The molecule has 5 heteroatoms. The van der Waals surface area contributed by atoms with Crippen LogP contribution in [0.15, 0.2) is 48.5 Å². The van der Waals surface area contributed by atoms with E-state index < -0.39 is 5.97 Å². The van der Waals surface area contributed by atoms with Crippen molar-refractivity contribution in [3.63, 3.8) is 0 Å². The van der Waals surface area contributed by atoms with E-state index in [1.807, 2.05) is 54.6 Å². The molecule has 0 unspecified atom stereocenters. The van der Waals surface area contributed by atoms with E-state index in [0.717, 1.165) is 51.6 Å². The molecule has 2 aromatic carbocycles. The van der Waals surface area contributed by atoms with E-state index >= 15 is 0 Å². The van der Waals surface area contributed by atoms with Gasteiger partial charge in [0.25, 0.3) is 0 Å². The smallest absolute Gasteiger partial charge is 0.303 e. The molecular formula is C22H23NO3S. The number of thiazole rings is 1. The second-order valence-electron chi connectivity index (χ2n) is 6.32. The molecule has 0 aliphatic heterocycles. The Kier molecular flexibility index (Phi) is 6.60.